The zero-order chi connectivity index (χ0) is 14.5. The molecule has 1 heterocycles. The van der Waals surface area contributed by atoms with Gasteiger partial charge < -0.3 is 15.3 Å². The van der Waals surface area contributed by atoms with Gasteiger partial charge in [-0.25, -0.2) is 9.59 Å². The van der Waals surface area contributed by atoms with E-state index in [-0.39, 0.29) is 6.03 Å². The van der Waals surface area contributed by atoms with Gasteiger partial charge in [-0.1, -0.05) is 24.3 Å². The largest absolute Gasteiger partial charge is 0.480 e. The van der Waals surface area contributed by atoms with Crippen LogP contribution in [0.3, 0.4) is 0 Å². The number of urea groups is 1. The summed E-state index contributed by atoms with van der Waals surface area (Å²) in [6.07, 6.45) is 2.35. The smallest absolute Gasteiger partial charge is 0.326 e. The van der Waals surface area contributed by atoms with E-state index in [1.807, 2.05) is 30.5 Å². The first kappa shape index (κ1) is 14.7. The molecule has 20 heavy (non-hydrogen) atoms. The molecule has 1 aromatic rings. The van der Waals surface area contributed by atoms with Crippen molar-refractivity contribution in [2.45, 2.75) is 25.6 Å². The molecule has 1 aliphatic rings. The van der Waals surface area contributed by atoms with Crippen LogP contribution in [0.25, 0.3) is 0 Å². The van der Waals surface area contributed by atoms with E-state index in [1.54, 1.807) is 16.7 Å². The van der Waals surface area contributed by atoms with Gasteiger partial charge in [-0.05, 0) is 29.6 Å². The average molecular weight is 294 g/mol. The molecule has 0 bridgehead atoms. The zero-order valence-electron chi connectivity index (χ0n) is 11.3. The van der Waals surface area contributed by atoms with Crippen LogP contribution in [0.4, 0.5) is 4.79 Å². The SMILES string of the molecule is CSCC[C@@H](NC(=O)N1Cc2ccccc2C1)C(=O)O. The quantitative estimate of drug-likeness (QED) is 0.870. The van der Waals surface area contributed by atoms with Gasteiger partial charge in [0, 0.05) is 13.1 Å². The zero-order valence-corrected chi connectivity index (χ0v) is 12.2. The lowest BCUT2D eigenvalue weighted by Crippen LogP contribution is -2.46. The number of nitrogens with zero attached hydrogens (tertiary/aromatic N) is 1. The van der Waals surface area contributed by atoms with Crippen LogP contribution in [0.1, 0.15) is 17.5 Å². The number of thioether (sulfide) groups is 1. The molecule has 1 aliphatic heterocycles. The molecule has 0 radical (unpaired) electrons. The molecule has 2 rings (SSSR count). The fourth-order valence-corrected chi connectivity index (χ4v) is 2.68. The predicted molar refractivity (Wildman–Crippen MR) is 78.6 cm³/mol. The summed E-state index contributed by atoms with van der Waals surface area (Å²) in [6.45, 7) is 1.08. The molecule has 6 heteroatoms. The number of hydrogen-bond acceptors (Lipinski definition) is 3. The van der Waals surface area contributed by atoms with Gasteiger partial charge >= 0.3 is 12.0 Å². The number of benzene rings is 1. The summed E-state index contributed by atoms with van der Waals surface area (Å²) in [7, 11) is 0. The first-order valence-corrected chi connectivity index (χ1v) is 7.85. The van der Waals surface area contributed by atoms with E-state index in [9.17, 15) is 9.59 Å². The second-order valence-corrected chi connectivity index (χ2v) is 5.73. The Hall–Kier alpha value is -1.69. The van der Waals surface area contributed by atoms with Gasteiger partial charge in [-0.3, -0.25) is 0 Å². The third-order valence-electron chi connectivity index (χ3n) is 3.33. The molecule has 5 nitrogen and oxygen atoms in total. The van der Waals surface area contributed by atoms with Crippen molar-refractivity contribution in [3.05, 3.63) is 35.4 Å². The summed E-state index contributed by atoms with van der Waals surface area (Å²) in [5, 5.41) is 11.7. The fraction of sp³-hybridized carbons (Fsp3) is 0.429. The van der Waals surface area contributed by atoms with Crippen LogP contribution in [0.15, 0.2) is 24.3 Å². The van der Waals surface area contributed by atoms with Crippen molar-refractivity contribution >= 4 is 23.8 Å². The van der Waals surface area contributed by atoms with Gasteiger partial charge in [0.2, 0.25) is 0 Å². The lowest BCUT2D eigenvalue weighted by atomic mass is 10.1. The number of carbonyl (C=O) groups is 2. The number of nitrogens with one attached hydrogen (secondary N) is 1. The van der Waals surface area contributed by atoms with Gasteiger partial charge in [0.05, 0.1) is 0 Å². The van der Waals surface area contributed by atoms with E-state index in [2.05, 4.69) is 5.32 Å². The monoisotopic (exact) mass is 294 g/mol. The van der Waals surface area contributed by atoms with Gasteiger partial charge in [0.15, 0.2) is 0 Å². The van der Waals surface area contributed by atoms with Crippen LogP contribution >= 0.6 is 11.8 Å². The van der Waals surface area contributed by atoms with Crippen LogP contribution in [-0.2, 0) is 17.9 Å². The standard InChI is InChI=1S/C14H18N2O3S/c1-20-7-6-12(13(17)18)15-14(19)16-8-10-4-2-3-5-11(10)9-16/h2-5,12H,6-9H2,1H3,(H,15,19)(H,17,18)/t12-/m1/s1. The average Bonchev–Trinajstić information content (AvgIpc) is 2.86. The summed E-state index contributed by atoms with van der Waals surface area (Å²) in [5.74, 6) is -0.276. The minimum atomic E-state index is -0.982. The number of amides is 2. The van der Waals surface area contributed by atoms with Crippen molar-refractivity contribution in [1.82, 2.24) is 10.2 Å². The van der Waals surface area contributed by atoms with Crippen molar-refractivity contribution in [1.29, 1.82) is 0 Å². The molecule has 2 N–H and O–H groups in total. The van der Waals surface area contributed by atoms with Crippen LogP contribution in [0, 0.1) is 0 Å². The second-order valence-electron chi connectivity index (χ2n) is 4.75. The highest BCUT2D eigenvalue weighted by atomic mass is 32.2. The van der Waals surface area contributed by atoms with Crippen LogP contribution in [0.2, 0.25) is 0 Å². The van der Waals surface area contributed by atoms with Gasteiger partial charge in [0.25, 0.3) is 0 Å². The van der Waals surface area contributed by atoms with E-state index in [1.165, 1.54) is 0 Å². The molecule has 0 aromatic heterocycles. The van der Waals surface area contributed by atoms with E-state index in [0.29, 0.717) is 25.3 Å². The lowest BCUT2D eigenvalue weighted by Gasteiger charge is -2.20. The van der Waals surface area contributed by atoms with E-state index in [0.717, 1.165) is 11.1 Å². The molecule has 0 spiro atoms. The van der Waals surface area contributed by atoms with Crippen molar-refractivity contribution < 1.29 is 14.7 Å². The maximum Gasteiger partial charge on any atom is 0.326 e. The Morgan fingerprint density at radius 1 is 1.35 bits per heavy atom. The van der Waals surface area contributed by atoms with E-state index < -0.39 is 12.0 Å². The molecule has 0 aliphatic carbocycles. The summed E-state index contributed by atoms with van der Waals surface area (Å²) in [5.41, 5.74) is 2.25. The number of carboxylic acid groups (broad SMARTS) is 1. The number of hydrogen-bond donors (Lipinski definition) is 2. The molecular formula is C14H18N2O3S. The molecule has 108 valence electrons. The molecule has 1 atom stereocenters. The Morgan fingerprint density at radius 2 is 1.95 bits per heavy atom. The third-order valence-corrected chi connectivity index (χ3v) is 3.98. The molecule has 1 aromatic carbocycles. The van der Waals surface area contributed by atoms with Crippen molar-refractivity contribution in [2.24, 2.45) is 0 Å². The molecular weight excluding hydrogens is 276 g/mol. The number of carboxylic acids is 1. The summed E-state index contributed by atoms with van der Waals surface area (Å²) >= 11 is 1.57. The Bertz CT molecular complexity index is 482. The number of fused-ring (bicyclic) bond motifs is 1. The summed E-state index contributed by atoms with van der Waals surface area (Å²) in [4.78, 5) is 24.9. The maximum atomic E-state index is 12.1. The molecule has 0 unspecified atom stereocenters. The first-order valence-electron chi connectivity index (χ1n) is 6.45. The Labute approximate surface area is 122 Å². The van der Waals surface area contributed by atoms with Crippen molar-refractivity contribution in [3.63, 3.8) is 0 Å². The van der Waals surface area contributed by atoms with E-state index >= 15 is 0 Å². The van der Waals surface area contributed by atoms with Crippen molar-refractivity contribution in [3.8, 4) is 0 Å². The molecule has 2 amide bonds. The van der Waals surface area contributed by atoms with Crippen LogP contribution in [-0.4, -0.2) is 40.1 Å². The van der Waals surface area contributed by atoms with Crippen LogP contribution < -0.4 is 5.32 Å². The molecule has 0 saturated heterocycles. The predicted octanol–water partition coefficient (Wildman–Crippen LogP) is 1.92. The fourth-order valence-electron chi connectivity index (χ4n) is 2.21. The number of carbonyl (C=O) groups excluding carboxylic acids is 1. The Morgan fingerprint density at radius 3 is 2.45 bits per heavy atom. The summed E-state index contributed by atoms with van der Waals surface area (Å²) < 4.78 is 0. The third kappa shape index (κ3) is 3.45. The topological polar surface area (TPSA) is 69.6 Å². The Kier molecular flexibility index (Phi) is 4.89. The molecule has 0 fully saturated rings. The maximum absolute atomic E-state index is 12.1. The first-order chi connectivity index (χ1) is 9.61. The van der Waals surface area contributed by atoms with Gasteiger partial charge in [0.1, 0.15) is 6.04 Å². The van der Waals surface area contributed by atoms with Crippen LogP contribution in [0.5, 0.6) is 0 Å². The van der Waals surface area contributed by atoms with Gasteiger partial charge in [-0.2, -0.15) is 11.8 Å². The minimum absolute atomic E-state index is 0.310. The highest BCUT2D eigenvalue weighted by molar-refractivity contribution is 7.98. The number of rotatable bonds is 5. The van der Waals surface area contributed by atoms with E-state index in [4.69, 9.17) is 5.11 Å². The highest BCUT2D eigenvalue weighted by Gasteiger charge is 2.26. The number of aliphatic carboxylic acids is 1. The second kappa shape index (κ2) is 6.65. The highest BCUT2D eigenvalue weighted by Crippen LogP contribution is 2.22. The van der Waals surface area contributed by atoms with Gasteiger partial charge in [-0.15, -0.1) is 0 Å². The minimum Gasteiger partial charge on any atom is -0.480 e. The Balaban J connectivity index is 1.94. The lowest BCUT2D eigenvalue weighted by molar-refractivity contribution is -0.139. The van der Waals surface area contributed by atoms with Crippen molar-refractivity contribution in [2.75, 3.05) is 12.0 Å². The summed E-state index contributed by atoms with van der Waals surface area (Å²) in [6, 6.07) is 6.74. The molecule has 0 saturated carbocycles. The normalized spacial score (nSPS) is 14.8.